The Morgan fingerprint density at radius 1 is 1.59 bits per heavy atom. The summed E-state index contributed by atoms with van der Waals surface area (Å²) in [6.07, 6.45) is 1.52. The Kier molecular flexibility index (Phi) is 4.11. The highest BCUT2D eigenvalue weighted by atomic mass is 16.5. The average molecular weight is 241 g/mol. The van der Waals surface area contributed by atoms with E-state index in [1.54, 1.807) is 18.6 Å². The van der Waals surface area contributed by atoms with Gasteiger partial charge in [-0.15, -0.1) is 0 Å². The van der Waals surface area contributed by atoms with E-state index in [1.807, 2.05) is 13.8 Å². The van der Waals surface area contributed by atoms with Crippen LogP contribution in [0.1, 0.15) is 31.3 Å². The summed E-state index contributed by atoms with van der Waals surface area (Å²) in [5, 5.41) is 0. The first kappa shape index (κ1) is 13.5. The van der Waals surface area contributed by atoms with Crippen molar-refractivity contribution in [2.75, 3.05) is 19.5 Å². The molecule has 6 nitrogen and oxygen atoms in total. The van der Waals surface area contributed by atoms with E-state index in [0.717, 1.165) is 0 Å². The maximum absolute atomic E-state index is 11.5. The number of rotatable bonds is 5. The summed E-state index contributed by atoms with van der Waals surface area (Å²) in [5.74, 6) is -0.201. The molecular formula is C11H19N3O3. The van der Waals surface area contributed by atoms with E-state index in [9.17, 15) is 4.79 Å². The molecule has 0 spiro atoms. The van der Waals surface area contributed by atoms with Gasteiger partial charge in [0.05, 0.1) is 25.1 Å². The number of aromatic nitrogens is 2. The third-order valence-corrected chi connectivity index (χ3v) is 2.45. The third-order valence-electron chi connectivity index (χ3n) is 2.45. The summed E-state index contributed by atoms with van der Waals surface area (Å²) in [4.78, 5) is 15.5. The lowest BCUT2D eigenvalue weighted by Gasteiger charge is -2.23. The molecule has 1 aromatic heterocycles. The number of esters is 1. The first-order valence-electron chi connectivity index (χ1n) is 5.44. The average Bonchev–Trinajstić information content (AvgIpc) is 2.60. The Morgan fingerprint density at radius 3 is 2.76 bits per heavy atom. The van der Waals surface area contributed by atoms with Crippen molar-refractivity contribution < 1.29 is 14.3 Å². The maximum atomic E-state index is 11.5. The van der Waals surface area contributed by atoms with Crippen molar-refractivity contribution in [3.63, 3.8) is 0 Å². The molecule has 0 aliphatic rings. The van der Waals surface area contributed by atoms with Gasteiger partial charge in [0.25, 0.3) is 0 Å². The monoisotopic (exact) mass is 241 g/mol. The molecule has 96 valence electrons. The number of nitrogen functional groups attached to an aromatic ring is 1. The smallest absolute Gasteiger partial charge is 0.360 e. The molecule has 1 rings (SSSR count). The molecule has 17 heavy (non-hydrogen) atoms. The van der Waals surface area contributed by atoms with Crippen LogP contribution in [0.3, 0.4) is 0 Å². The van der Waals surface area contributed by atoms with Gasteiger partial charge in [-0.1, -0.05) is 0 Å². The van der Waals surface area contributed by atoms with Crippen LogP contribution in [0, 0.1) is 0 Å². The van der Waals surface area contributed by atoms with E-state index in [4.69, 9.17) is 15.2 Å². The molecule has 0 saturated carbocycles. The molecule has 0 radical (unpaired) electrons. The lowest BCUT2D eigenvalue weighted by atomic mass is 10.1. The number of nitrogens with zero attached hydrogens (tertiary/aromatic N) is 2. The van der Waals surface area contributed by atoms with Gasteiger partial charge in [-0.3, -0.25) is 0 Å². The molecule has 0 aliphatic heterocycles. The van der Waals surface area contributed by atoms with Gasteiger partial charge in [0.2, 0.25) is 0 Å². The number of hydrogen-bond donors (Lipinski definition) is 1. The summed E-state index contributed by atoms with van der Waals surface area (Å²) in [6.45, 7) is 6.41. The van der Waals surface area contributed by atoms with Crippen molar-refractivity contribution in [1.82, 2.24) is 9.55 Å². The molecule has 0 fully saturated rings. The molecule has 0 aliphatic carbocycles. The number of hydrogen-bond acceptors (Lipinski definition) is 5. The minimum atomic E-state index is -0.501. The summed E-state index contributed by atoms with van der Waals surface area (Å²) in [7, 11) is 1.62. The Bertz CT molecular complexity index is 399. The number of carbonyl (C=O) groups excluding carboxylic acids is 1. The van der Waals surface area contributed by atoms with Gasteiger partial charge < -0.3 is 19.8 Å². The number of nitrogens with two attached hydrogens (primary N) is 1. The quantitative estimate of drug-likeness (QED) is 0.780. The van der Waals surface area contributed by atoms with Crippen molar-refractivity contribution >= 4 is 11.8 Å². The Hall–Kier alpha value is -1.56. The molecule has 0 bridgehead atoms. The molecule has 0 aromatic carbocycles. The molecule has 1 aromatic rings. The largest absolute Gasteiger partial charge is 0.461 e. The molecule has 2 N–H and O–H groups in total. The van der Waals surface area contributed by atoms with Crippen LogP contribution in [0.2, 0.25) is 0 Å². The summed E-state index contributed by atoms with van der Waals surface area (Å²) < 4.78 is 11.8. The van der Waals surface area contributed by atoms with Crippen molar-refractivity contribution in [2.45, 2.75) is 32.9 Å². The van der Waals surface area contributed by atoms with E-state index in [2.05, 4.69) is 4.98 Å². The number of carbonyl (C=O) groups is 1. The van der Waals surface area contributed by atoms with E-state index in [0.29, 0.717) is 19.0 Å². The SMILES string of the molecule is CCOC(=O)c1ncn(CC(C)(C)OC)c1N. The molecule has 6 heteroatoms. The normalized spacial score (nSPS) is 11.5. The highest BCUT2D eigenvalue weighted by molar-refractivity contribution is 5.92. The van der Waals surface area contributed by atoms with Gasteiger partial charge in [0, 0.05) is 7.11 Å². The van der Waals surface area contributed by atoms with Crippen LogP contribution in [-0.2, 0) is 16.0 Å². The molecule has 0 atom stereocenters. The minimum Gasteiger partial charge on any atom is -0.461 e. The standard InChI is InChI=1S/C11H19N3O3/c1-5-17-10(15)8-9(12)14(7-13-8)6-11(2,3)16-4/h7H,5-6,12H2,1-4H3. The molecule has 1 heterocycles. The van der Waals surface area contributed by atoms with Crippen molar-refractivity contribution in [2.24, 2.45) is 0 Å². The van der Waals surface area contributed by atoms with Crippen molar-refractivity contribution in [3.8, 4) is 0 Å². The Morgan fingerprint density at radius 2 is 2.24 bits per heavy atom. The lowest BCUT2D eigenvalue weighted by Crippen LogP contribution is -2.29. The topological polar surface area (TPSA) is 79.4 Å². The van der Waals surface area contributed by atoms with Gasteiger partial charge in [0.1, 0.15) is 5.82 Å². The second kappa shape index (κ2) is 5.18. The second-order valence-corrected chi connectivity index (χ2v) is 4.29. The van der Waals surface area contributed by atoms with Crippen LogP contribution < -0.4 is 5.73 Å². The minimum absolute atomic E-state index is 0.152. The first-order chi connectivity index (χ1) is 7.91. The van der Waals surface area contributed by atoms with Crippen LogP contribution in [0.25, 0.3) is 0 Å². The van der Waals surface area contributed by atoms with Crippen LogP contribution in [-0.4, -0.2) is 34.8 Å². The zero-order chi connectivity index (χ0) is 13.1. The zero-order valence-corrected chi connectivity index (χ0v) is 10.7. The number of methoxy groups -OCH3 is 1. The van der Waals surface area contributed by atoms with Crippen LogP contribution in [0.15, 0.2) is 6.33 Å². The van der Waals surface area contributed by atoms with Crippen LogP contribution in [0.4, 0.5) is 5.82 Å². The van der Waals surface area contributed by atoms with Gasteiger partial charge in [-0.25, -0.2) is 9.78 Å². The van der Waals surface area contributed by atoms with E-state index in [1.165, 1.54) is 6.33 Å². The number of ether oxygens (including phenoxy) is 2. The molecule has 0 saturated heterocycles. The molecule has 0 unspecified atom stereocenters. The first-order valence-corrected chi connectivity index (χ1v) is 5.44. The van der Waals surface area contributed by atoms with Gasteiger partial charge in [-0.2, -0.15) is 0 Å². The summed E-state index contributed by atoms with van der Waals surface area (Å²) in [6, 6.07) is 0. The zero-order valence-electron chi connectivity index (χ0n) is 10.7. The summed E-state index contributed by atoms with van der Waals surface area (Å²) >= 11 is 0. The van der Waals surface area contributed by atoms with Crippen LogP contribution >= 0.6 is 0 Å². The van der Waals surface area contributed by atoms with E-state index in [-0.39, 0.29) is 11.3 Å². The van der Waals surface area contributed by atoms with Crippen molar-refractivity contribution in [1.29, 1.82) is 0 Å². The number of anilines is 1. The Balaban J connectivity index is 2.88. The molecule has 0 amide bonds. The second-order valence-electron chi connectivity index (χ2n) is 4.29. The van der Waals surface area contributed by atoms with Gasteiger partial charge in [-0.05, 0) is 20.8 Å². The fourth-order valence-corrected chi connectivity index (χ4v) is 1.35. The fraction of sp³-hybridized carbons (Fsp3) is 0.636. The van der Waals surface area contributed by atoms with Gasteiger partial charge >= 0.3 is 5.97 Å². The maximum Gasteiger partial charge on any atom is 0.360 e. The highest BCUT2D eigenvalue weighted by Gasteiger charge is 2.22. The summed E-state index contributed by atoms with van der Waals surface area (Å²) in [5.41, 5.74) is 5.62. The molecular weight excluding hydrogens is 222 g/mol. The van der Waals surface area contributed by atoms with Crippen molar-refractivity contribution in [3.05, 3.63) is 12.0 Å². The highest BCUT2D eigenvalue weighted by Crippen LogP contribution is 2.17. The van der Waals surface area contributed by atoms with Gasteiger partial charge in [0.15, 0.2) is 5.69 Å². The predicted molar refractivity (Wildman–Crippen MR) is 63.7 cm³/mol. The third kappa shape index (κ3) is 3.20. The van der Waals surface area contributed by atoms with Crippen LogP contribution in [0.5, 0.6) is 0 Å². The Labute approximate surface area is 101 Å². The number of imidazole rings is 1. The van der Waals surface area contributed by atoms with E-state index >= 15 is 0 Å². The van der Waals surface area contributed by atoms with E-state index < -0.39 is 5.97 Å². The predicted octanol–water partition coefficient (Wildman–Crippen LogP) is 1.07. The fourth-order valence-electron chi connectivity index (χ4n) is 1.35. The lowest BCUT2D eigenvalue weighted by molar-refractivity contribution is 0.00853.